The maximum absolute atomic E-state index is 15.6. The van der Waals surface area contributed by atoms with Crippen molar-refractivity contribution < 1.29 is 4.57 Å². The first kappa shape index (κ1) is 28.0. The molecule has 0 aromatic heterocycles. The van der Waals surface area contributed by atoms with Crippen molar-refractivity contribution >= 4 is 55.4 Å². The first-order valence-corrected chi connectivity index (χ1v) is 18.0. The molecule has 0 bridgehead atoms. The molecule has 0 fully saturated rings. The summed E-state index contributed by atoms with van der Waals surface area (Å²) in [5.74, 6) is 0. The van der Waals surface area contributed by atoms with Crippen molar-refractivity contribution in [3.63, 3.8) is 0 Å². The van der Waals surface area contributed by atoms with Gasteiger partial charge in [-0.3, -0.25) is 0 Å². The van der Waals surface area contributed by atoms with Gasteiger partial charge in [-0.05, 0) is 83.9 Å². The summed E-state index contributed by atoms with van der Waals surface area (Å²) in [5, 5.41) is 10.4. The first-order chi connectivity index (χ1) is 22.9. The number of hydrogen-bond donors (Lipinski definition) is 0. The van der Waals surface area contributed by atoms with Crippen LogP contribution in [0, 0.1) is 0 Å². The van der Waals surface area contributed by atoms with E-state index in [1.807, 2.05) is 36.4 Å². The number of rotatable bonds is 3. The Morgan fingerprint density at radius 2 is 0.872 bits per heavy atom. The quantitative estimate of drug-likeness (QED) is 0.142. The lowest BCUT2D eigenvalue weighted by Crippen LogP contribution is -2.42. The van der Waals surface area contributed by atoms with E-state index in [0.29, 0.717) is 0 Å². The van der Waals surface area contributed by atoms with E-state index in [0.717, 1.165) is 43.7 Å². The second kappa shape index (κ2) is 10.4. The molecule has 0 amide bonds. The Morgan fingerprint density at radius 3 is 1.55 bits per heavy atom. The minimum Gasteiger partial charge on any atom is -0.309 e. The lowest BCUT2D eigenvalue weighted by molar-refractivity contribution is 0.586. The minimum atomic E-state index is -3.11. The van der Waals surface area contributed by atoms with Crippen molar-refractivity contribution in [3.8, 4) is 22.3 Å². The summed E-state index contributed by atoms with van der Waals surface area (Å²) in [6.45, 7) is 4.51. The molecular formula is C45H33OP. The molecule has 2 heteroatoms. The largest absolute Gasteiger partial charge is 0.309 e. The van der Waals surface area contributed by atoms with Crippen molar-refractivity contribution in [2.75, 3.05) is 0 Å². The van der Waals surface area contributed by atoms with Crippen LogP contribution in [0.5, 0.6) is 0 Å². The summed E-state index contributed by atoms with van der Waals surface area (Å²) in [6, 6.07) is 58.1. The zero-order valence-electron chi connectivity index (χ0n) is 26.4. The second-order valence-corrected chi connectivity index (χ2v) is 15.9. The molecule has 1 aliphatic heterocycles. The van der Waals surface area contributed by atoms with E-state index in [2.05, 4.69) is 141 Å². The molecule has 0 aliphatic carbocycles. The molecule has 8 aromatic rings. The summed E-state index contributed by atoms with van der Waals surface area (Å²) in [5.41, 5.74) is 6.55. The fourth-order valence-electron chi connectivity index (χ4n) is 7.93. The minimum absolute atomic E-state index is 0.271. The van der Waals surface area contributed by atoms with Crippen molar-refractivity contribution in [3.05, 3.63) is 175 Å². The van der Waals surface area contributed by atoms with Crippen LogP contribution >= 0.6 is 7.14 Å². The zero-order chi connectivity index (χ0) is 31.8. The second-order valence-electron chi connectivity index (χ2n) is 13.3. The maximum atomic E-state index is 15.6. The Labute approximate surface area is 275 Å². The van der Waals surface area contributed by atoms with Crippen LogP contribution in [0.4, 0.5) is 0 Å². The van der Waals surface area contributed by atoms with Gasteiger partial charge in [0, 0.05) is 21.3 Å². The molecular weight excluding hydrogens is 587 g/mol. The van der Waals surface area contributed by atoms with Gasteiger partial charge in [0.1, 0.15) is 0 Å². The van der Waals surface area contributed by atoms with E-state index >= 15 is 4.57 Å². The Hall–Kier alpha value is -5.23. The molecule has 47 heavy (non-hydrogen) atoms. The van der Waals surface area contributed by atoms with Gasteiger partial charge in [-0.25, -0.2) is 0 Å². The van der Waals surface area contributed by atoms with Crippen LogP contribution < -0.4 is 15.9 Å². The molecule has 224 valence electrons. The average Bonchev–Trinajstić information content (AvgIpc) is 3.14. The third-order valence-corrected chi connectivity index (χ3v) is 13.5. The smallest absolute Gasteiger partial charge is 0.171 e. The van der Waals surface area contributed by atoms with E-state index in [-0.39, 0.29) is 5.41 Å². The van der Waals surface area contributed by atoms with Gasteiger partial charge in [-0.15, -0.1) is 0 Å². The van der Waals surface area contributed by atoms with Crippen molar-refractivity contribution in [1.82, 2.24) is 0 Å². The third kappa shape index (κ3) is 4.13. The fourth-order valence-corrected chi connectivity index (χ4v) is 11.3. The van der Waals surface area contributed by atoms with E-state index in [1.54, 1.807) is 0 Å². The standard InChI is InChI=1S/C45H33OP/c1-45(2)41-21-10-11-22-43(41)47(46,34-15-4-3-5-16-34)44-29-33(24-26-42(44)45)31-14-12-13-30(27-31)32-23-25-39-37-19-7-6-17-35(37)36-18-8-9-20-38(36)40(39)28-32/h3-29H,1-2H3. The summed E-state index contributed by atoms with van der Waals surface area (Å²) in [4.78, 5) is 0. The molecule has 0 N–H and O–H groups in total. The Morgan fingerprint density at radius 1 is 0.383 bits per heavy atom. The first-order valence-electron chi connectivity index (χ1n) is 16.3. The van der Waals surface area contributed by atoms with Gasteiger partial charge in [0.05, 0.1) is 0 Å². The molecule has 9 rings (SSSR count). The Kier molecular flexibility index (Phi) is 6.20. The Bertz CT molecular complexity index is 2540. The van der Waals surface area contributed by atoms with Crippen LogP contribution in [0.2, 0.25) is 0 Å². The number of hydrogen-bond acceptors (Lipinski definition) is 1. The van der Waals surface area contributed by atoms with Gasteiger partial charge in [0.25, 0.3) is 0 Å². The van der Waals surface area contributed by atoms with E-state index in [4.69, 9.17) is 0 Å². The number of benzene rings is 8. The van der Waals surface area contributed by atoms with Crippen LogP contribution in [0.15, 0.2) is 164 Å². The van der Waals surface area contributed by atoms with Crippen LogP contribution in [0.25, 0.3) is 54.6 Å². The SMILES string of the molecule is CC1(C)c2ccccc2P(=O)(c2ccccc2)c2cc(-c3cccc(-c4ccc5c6ccccc6c6ccccc6c5c4)c3)ccc21. The van der Waals surface area contributed by atoms with Gasteiger partial charge in [0.2, 0.25) is 0 Å². The lowest BCUT2D eigenvalue weighted by atomic mass is 9.77. The topological polar surface area (TPSA) is 17.1 Å². The van der Waals surface area contributed by atoms with Crippen molar-refractivity contribution in [2.24, 2.45) is 0 Å². The highest BCUT2D eigenvalue weighted by Crippen LogP contribution is 2.53. The highest BCUT2D eigenvalue weighted by molar-refractivity contribution is 7.85. The lowest BCUT2D eigenvalue weighted by Gasteiger charge is -2.39. The summed E-state index contributed by atoms with van der Waals surface area (Å²) < 4.78 is 15.6. The summed E-state index contributed by atoms with van der Waals surface area (Å²) in [7, 11) is -3.11. The van der Waals surface area contributed by atoms with E-state index < -0.39 is 7.14 Å². The fraction of sp³-hybridized carbons (Fsp3) is 0.0667. The van der Waals surface area contributed by atoms with Gasteiger partial charge >= 0.3 is 0 Å². The summed E-state index contributed by atoms with van der Waals surface area (Å²) >= 11 is 0. The van der Waals surface area contributed by atoms with Crippen LogP contribution in [-0.4, -0.2) is 0 Å². The molecule has 1 aliphatic rings. The van der Waals surface area contributed by atoms with Gasteiger partial charge in [-0.1, -0.05) is 159 Å². The molecule has 1 atom stereocenters. The normalized spacial score (nSPS) is 16.6. The molecule has 0 radical (unpaired) electrons. The highest BCUT2D eigenvalue weighted by atomic mass is 31.2. The summed E-state index contributed by atoms with van der Waals surface area (Å²) in [6.07, 6.45) is 0. The van der Waals surface area contributed by atoms with Gasteiger partial charge in [-0.2, -0.15) is 0 Å². The molecule has 1 heterocycles. The predicted molar refractivity (Wildman–Crippen MR) is 201 cm³/mol. The highest BCUT2D eigenvalue weighted by Gasteiger charge is 2.44. The van der Waals surface area contributed by atoms with Gasteiger partial charge < -0.3 is 4.57 Å². The van der Waals surface area contributed by atoms with Crippen LogP contribution in [-0.2, 0) is 9.98 Å². The zero-order valence-corrected chi connectivity index (χ0v) is 27.3. The monoisotopic (exact) mass is 620 g/mol. The van der Waals surface area contributed by atoms with Crippen molar-refractivity contribution in [2.45, 2.75) is 19.3 Å². The third-order valence-electron chi connectivity index (χ3n) is 10.3. The van der Waals surface area contributed by atoms with Gasteiger partial charge in [0.15, 0.2) is 7.14 Å². The maximum Gasteiger partial charge on any atom is 0.171 e. The van der Waals surface area contributed by atoms with Crippen LogP contribution in [0.3, 0.4) is 0 Å². The number of fused-ring (bicyclic) bond motifs is 8. The van der Waals surface area contributed by atoms with E-state index in [9.17, 15) is 0 Å². The predicted octanol–water partition coefficient (Wildman–Crippen LogP) is 10.8. The molecule has 0 saturated heterocycles. The molecule has 0 spiro atoms. The molecule has 1 unspecified atom stereocenters. The van der Waals surface area contributed by atoms with Crippen LogP contribution in [0.1, 0.15) is 25.0 Å². The molecule has 8 aromatic carbocycles. The molecule has 0 saturated carbocycles. The Balaban J connectivity index is 1.22. The average molecular weight is 621 g/mol. The van der Waals surface area contributed by atoms with E-state index in [1.165, 1.54) is 37.9 Å². The molecule has 1 nitrogen and oxygen atoms in total. The van der Waals surface area contributed by atoms with Crippen molar-refractivity contribution in [1.29, 1.82) is 0 Å².